The van der Waals surface area contributed by atoms with Crippen molar-refractivity contribution >= 4 is 11.6 Å². The minimum Gasteiger partial charge on any atom is -0.470 e. The number of benzene rings is 1. The molecule has 5 rings (SSSR count). The van der Waals surface area contributed by atoms with Crippen LogP contribution in [0.3, 0.4) is 0 Å². The van der Waals surface area contributed by atoms with Crippen LogP contribution in [0.4, 0.5) is 13.2 Å². The quantitative estimate of drug-likeness (QED) is 0.415. The van der Waals surface area contributed by atoms with Gasteiger partial charge >= 0.3 is 6.18 Å². The van der Waals surface area contributed by atoms with Crippen molar-refractivity contribution in [1.82, 2.24) is 24.3 Å². The van der Waals surface area contributed by atoms with Gasteiger partial charge in [0.2, 0.25) is 5.65 Å². The maximum Gasteiger partial charge on any atom is 0.433 e. The lowest BCUT2D eigenvalue weighted by Gasteiger charge is -2.37. The van der Waals surface area contributed by atoms with E-state index < -0.39 is 18.0 Å². The summed E-state index contributed by atoms with van der Waals surface area (Å²) in [5, 5.41) is 0. The summed E-state index contributed by atoms with van der Waals surface area (Å²) in [6, 6.07) is 13.1. The van der Waals surface area contributed by atoms with Gasteiger partial charge in [-0.05, 0) is 31.4 Å². The van der Waals surface area contributed by atoms with E-state index in [4.69, 9.17) is 4.74 Å². The van der Waals surface area contributed by atoms with Gasteiger partial charge in [-0.3, -0.25) is 14.2 Å². The predicted octanol–water partition coefficient (Wildman–Crippen LogP) is 4.88. The number of rotatable bonds is 4. The van der Waals surface area contributed by atoms with Crippen LogP contribution in [-0.4, -0.2) is 48.9 Å². The summed E-state index contributed by atoms with van der Waals surface area (Å²) < 4.78 is 46.7. The Morgan fingerprint density at radius 2 is 1.83 bits per heavy atom. The first-order valence-electron chi connectivity index (χ1n) is 11.2. The van der Waals surface area contributed by atoms with E-state index in [2.05, 4.69) is 15.0 Å². The molecule has 1 aliphatic rings. The molecule has 4 aromatic rings. The van der Waals surface area contributed by atoms with Crippen molar-refractivity contribution in [3.05, 3.63) is 78.6 Å². The zero-order chi connectivity index (χ0) is 24.6. The topological polar surface area (TPSA) is 72.6 Å². The third-order valence-electron chi connectivity index (χ3n) is 6.16. The van der Waals surface area contributed by atoms with E-state index in [0.29, 0.717) is 18.5 Å². The fourth-order valence-corrected chi connectivity index (χ4v) is 4.36. The molecule has 180 valence electrons. The highest BCUT2D eigenvalue weighted by Gasteiger charge is 2.36. The molecule has 0 spiro atoms. The SMILES string of the molecule is C[C@@H]1CC[C@@H](Oc2nccn3c(C(F)(F)F)cnc23)CN1C(=O)c1ncccc1-c1ccccc1. The average Bonchev–Trinajstić information content (AvgIpc) is 3.31. The molecule has 0 N–H and O–H groups in total. The second-order valence-electron chi connectivity index (χ2n) is 8.46. The van der Waals surface area contributed by atoms with Crippen LogP contribution in [0.2, 0.25) is 0 Å². The van der Waals surface area contributed by atoms with Crippen LogP contribution in [0.1, 0.15) is 35.9 Å². The number of halogens is 3. The highest BCUT2D eigenvalue weighted by atomic mass is 19.4. The Kier molecular flexibility index (Phi) is 5.88. The smallest absolute Gasteiger partial charge is 0.433 e. The molecule has 1 aromatic carbocycles. The third kappa shape index (κ3) is 4.43. The molecule has 0 unspecified atom stereocenters. The Morgan fingerprint density at radius 3 is 2.60 bits per heavy atom. The van der Waals surface area contributed by atoms with Crippen LogP contribution >= 0.6 is 0 Å². The minimum atomic E-state index is -4.55. The van der Waals surface area contributed by atoms with Gasteiger partial charge in [0.05, 0.1) is 12.7 Å². The van der Waals surface area contributed by atoms with Crippen LogP contribution in [0.15, 0.2) is 67.3 Å². The van der Waals surface area contributed by atoms with Crippen molar-refractivity contribution in [2.24, 2.45) is 0 Å². The number of alkyl halides is 3. The van der Waals surface area contributed by atoms with Crippen LogP contribution in [0.25, 0.3) is 16.8 Å². The third-order valence-corrected chi connectivity index (χ3v) is 6.16. The number of nitrogens with zero attached hydrogens (tertiary/aromatic N) is 5. The maximum absolute atomic E-state index is 13.6. The highest BCUT2D eigenvalue weighted by Crippen LogP contribution is 2.32. The number of carbonyl (C=O) groups excluding carboxylic acids is 1. The van der Waals surface area contributed by atoms with Crippen LogP contribution in [-0.2, 0) is 6.18 Å². The summed E-state index contributed by atoms with van der Waals surface area (Å²) in [7, 11) is 0. The molecule has 1 amide bonds. The standard InChI is InChI=1S/C25H22F3N5O2/c1-16-9-10-18(35-23-22-31-14-20(25(26,27)28)32(22)13-12-30-23)15-33(16)24(34)21-19(8-5-11-29-21)17-6-3-2-4-7-17/h2-8,11-14,16,18H,9-10,15H2,1H3/t16-,18-/m1/s1. The van der Waals surface area contributed by atoms with Crippen molar-refractivity contribution in [3.63, 3.8) is 0 Å². The van der Waals surface area contributed by atoms with Crippen molar-refractivity contribution < 1.29 is 22.7 Å². The molecule has 1 aliphatic heterocycles. The van der Waals surface area contributed by atoms with Gasteiger partial charge in [-0.15, -0.1) is 0 Å². The zero-order valence-corrected chi connectivity index (χ0v) is 18.8. The number of likely N-dealkylation sites (tertiary alicyclic amines) is 1. The maximum atomic E-state index is 13.6. The number of piperidine rings is 1. The predicted molar refractivity (Wildman–Crippen MR) is 122 cm³/mol. The molecule has 10 heteroatoms. The van der Waals surface area contributed by atoms with Gasteiger partial charge in [-0.2, -0.15) is 13.2 Å². The minimum absolute atomic E-state index is 0.00207. The Balaban J connectivity index is 1.40. The summed E-state index contributed by atoms with van der Waals surface area (Å²) in [5.41, 5.74) is 1.04. The first-order chi connectivity index (χ1) is 16.8. The fourth-order valence-electron chi connectivity index (χ4n) is 4.36. The van der Waals surface area contributed by atoms with Crippen molar-refractivity contribution in [3.8, 4) is 17.0 Å². The molecule has 0 aliphatic carbocycles. The van der Waals surface area contributed by atoms with Gasteiger partial charge in [-0.1, -0.05) is 36.4 Å². The Hall–Kier alpha value is -3.95. The van der Waals surface area contributed by atoms with Crippen LogP contribution in [0.5, 0.6) is 5.88 Å². The lowest BCUT2D eigenvalue weighted by molar-refractivity contribution is -0.141. The number of ether oxygens (including phenoxy) is 1. The highest BCUT2D eigenvalue weighted by molar-refractivity contribution is 5.99. The normalized spacial score (nSPS) is 18.6. The number of pyridine rings is 1. The summed E-state index contributed by atoms with van der Waals surface area (Å²) in [6.07, 6.45) is 1.06. The van der Waals surface area contributed by atoms with Gasteiger partial charge in [-0.25, -0.2) is 9.97 Å². The van der Waals surface area contributed by atoms with E-state index >= 15 is 0 Å². The second-order valence-corrected chi connectivity index (χ2v) is 8.46. The summed E-state index contributed by atoms with van der Waals surface area (Å²) in [6.45, 7) is 2.21. The molecule has 3 aromatic heterocycles. The largest absolute Gasteiger partial charge is 0.470 e. The Labute approximate surface area is 199 Å². The van der Waals surface area contributed by atoms with Gasteiger partial charge in [0.25, 0.3) is 11.8 Å². The number of fused-ring (bicyclic) bond motifs is 1. The molecule has 0 radical (unpaired) electrons. The number of aromatic nitrogens is 4. The molecule has 7 nitrogen and oxygen atoms in total. The molecular formula is C25H22F3N5O2. The van der Waals surface area contributed by atoms with E-state index in [1.54, 1.807) is 17.2 Å². The van der Waals surface area contributed by atoms with Crippen molar-refractivity contribution in [2.45, 2.75) is 38.1 Å². The molecule has 2 atom stereocenters. The van der Waals surface area contributed by atoms with E-state index in [1.807, 2.05) is 43.3 Å². The van der Waals surface area contributed by atoms with E-state index in [9.17, 15) is 18.0 Å². The number of amides is 1. The first-order valence-corrected chi connectivity index (χ1v) is 11.2. The zero-order valence-electron chi connectivity index (χ0n) is 18.8. The number of imidazole rings is 1. The number of hydrogen-bond donors (Lipinski definition) is 0. The van der Waals surface area contributed by atoms with Gasteiger partial charge in [0.15, 0.2) is 0 Å². The molecule has 1 fully saturated rings. The molecule has 0 saturated carbocycles. The van der Waals surface area contributed by atoms with E-state index in [1.165, 1.54) is 12.4 Å². The summed E-state index contributed by atoms with van der Waals surface area (Å²) in [4.78, 5) is 27.6. The summed E-state index contributed by atoms with van der Waals surface area (Å²) in [5.74, 6) is -0.227. The van der Waals surface area contributed by atoms with Crippen LogP contribution in [0, 0.1) is 0 Å². The molecular weight excluding hydrogens is 459 g/mol. The molecule has 1 saturated heterocycles. The fraction of sp³-hybridized carbons (Fsp3) is 0.280. The first kappa shape index (κ1) is 22.8. The lowest BCUT2D eigenvalue weighted by atomic mass is 9.98. The second kappa shape index (κ2) is 9.01. The molecule has 35 heavy (non-hydrogen) atoms. The van der Waals surface area contributed by atoms with E-state index in [-0.39, 0.29) is 30.0 Å². The molecule has 4 heterocycles. The number of carbonyl (C=O) groups is 1. The monoisotopic (exact) mass is 481 g/mol. The Morgan fingerprint density at radius 1 is 1.03 bits per heavy atom. The summed E-state index contributed by atoms with van der Waals surface area (Å²) >= 11 is 0. The van der Waals surface area contributed by atoms with Crippen molar-refractivity contribution in [1.29, 1.82) is 0 Å². The van der Waals surface area contributed by atoms with Gasteiger partial charge in [0.1, 0.15) is 17.5 Å². The van der Waals surface area contributed by atoms with Crippen LogP contribution < -0.4 is 4.74 Å². The van der Waals surface area contributed by atoms with Gasteiger partial charge in [0, 0.05) is 30.2 Å². The lowest BCUT2D eigenvalue weighted by Crippen LogP contribution is -2.49. The van der Waals surface area contributed by atoms with Crippen molar-refractivity contribution in [2.75, 3.05) is 6.54 Å². The van der Waals surface area contributed by atoms with E-state index in [0.717, 1.165) is 21.7 Å². The molecule has 0 bridgehead atoms. The Bertz CT molecular complexity index is 1360. The van der Waals surface area contributed by atoms with Gasteiger partial charge < -0.3 is 9.64 Å². The number of hydrogen-bond acceptors (Lipinski definition) is 5. The average molecular weight is 481 g/mol.